The van der Waals surface area contributed by atoms with Gasteiger partial charge in [-0.05, 0) is 17.7 Å². The summed E-state index contributed by atoms with van der Waals surface area (Å²) < 4.78 is 9.53. The van der Waals surface area contributed by atoms with Crippen LogP contribution in [0.5, 0.6) is 0 Å². The first-order valence-electron chi connectivity index (χ1n) is 4.94. The molecule has 0 spiro atoms. The number of hydrogen-bond donors (Lipinski definition) is 0. The second kappa shape index (κ2) is 8.00. The van der Waals surface area contributed by atoms with Crippen LogP contribution in [0.4, 0.5) is 0 Å². The lowest BCUT2D eigenvalue weighted by atomic mass is 10.1. The zero-order valence-electron chi connectivity index (χ0n) is 9.74. The highest BCUT2D eigenvalue weighted by molar-refractivity contribution is 5.89. The quantitative estimate of drug-likeness (QED) is 0.719. The molecule has 15 heavy (non-hydrogen) atoms. The molecule has 0 aliphatic heterocycles. The van der Waals surface area contributed by atoms with Crippen LogP contribution in [0.2, 0.25) is 0 Å². The zero-order chi connectivity index (χ0) is 11.7. The van der Waals surface area contributed by atoms with Crippen LogP contribution in [-0.2, 0) is 16.1 Å². The molecule has 0 saturated heterocycles. The lowest BCUT2D eigenvalue weighted by Crippen LogP contribution is -2.01. The third-order valence-electron chi connectivity index (χ3n) is 1.66. The van der Waals surface area contributed by atoms with E-state index in [0.717, 1.165) is 5.56 Å². The van der Waals surface area contributed by atoms with Gasteiger partial charge in [0, 0.05) is 7.11 Å². The van der Waals surface area contributed by atoms with Crippen molar-refractivity contribution < 1.29 is 14.3 Å². The Morgan fingerprint density at radius 2 is 1.93 bits per heavy atom. The van der Waals surface area contributed by atoms with E-state index in [1.54, 1.807) is 25.3 Å². The Morgan fingerprint density at radius 3 is 2.47 bits per heavy atom. The second-order valence-corrected chi connectivity index (χ2v) is 2.62. The van der Waals surface area contributed by atoms with E-state index in [2.05, 4.69) is 4.74 Å². The van der Waals surface area contributed by atoms with Crippen molar-refractivity contribution in [2.75, 3.05) is 14.2 Å². The summed E-state index contributed by atoms with van der Waals surface area (Å²) in [5.74, 6) is -0.321. The smallest absolute Gasteiger partial charge is 0.337 e. The topological polar surface area (TPSA) is 35.5 Å². The SMILES string of the molecule is CC.COCc1cccc(C(=O)OC)c1. The van der Waals surface area contributed by atoms with Crippen molar-refractivity contribution in [1.29, 1.82) is 0 Å². The van der Waals surface area contributed by atoms with Crippen LogP contribution < -0.4 is 0 Å². The molecular formula is C12H18O3. The van der Waals surface area contributed by atoms with Crippen molar-refractivity contribution in [1.82, 2.24) is 0 Å². The summed E-state index contributed by atoms with van der Waals surface area (Å²) in [5.41, 5.74) is 1.52. The van der Waals surface area contributed by atoms with Gasteiger partial charge in [-0.25, -0.2) is 4.79 Å². The summed E-state index contributed by atoms with van der Waals surface area (Å²) in [6, 6.07) is 7.18. The minimum absolute atomic E-state index is 0.321. The first kappa shape index (κ1) is 13.7. The lowest BCUT2D eigenvalue weighted by molar-refractivity contribution is 0.0600. The molecule has 0 aliphatic rings. The maximum atomic E-state index is 11.1. The fourth-order valence-corrected chi connectivity index (χ4v) is 1.07. The first-order valence-corrected chi connectivity index (χ1v) is 4.94. The van der Waals surface area contributed by atoms with Crippen LogP contribution in [0.3, 0.4) is 0 Å². The molecule has 3 heteroatoms. The van der Waals surface area contributed by atoms with Gasteiger partial charge in [-0.15, -0.1) is 0 Å². The maximum Gasteiger partial charge on any atom is 0.337 e. The normalized spacial score (nSPS) is 8.80. The average molecular weight is 210 g/mol. The Kier molecular flexibility index (Phi) is 7.28. The maximum absolute atomic E-state index is 11.1. The Balaban J connectivity index is 0.000000921. The van der Waals surface area contributed by atoms with Gasteiger partial charge in [-0.1, -0.05) is 26.0 Å². The average Bonchev–Trinajstić information content (AvgIpc) is 2.31. The number of esters is 1. The summed E-state index contributed by atoms with van der Waals surface area (Å²) in [7, 11) is 2.98. The molecule has 0 N–H and O–H groups in total. The summed E-state index contributed by atoms with van der Waals surface area (Å²) >= 11 is 0. The number of benzene rings is 1. The molecule has 0 bridgehead atoms. The van der Waals surface area contributed by atoms with Crippen LogP contribution in [-0.4, -0.2) is 20.2 Å². The summed E-state index contributed by atoms with van der Waals surface area (Å²) in [6.45, 7) is 4.50. The highest BCUT2D eigenvalue weighted by Gasteiger charge is 2.04. The van der Waals surface area contributed by atoms with E-state index in [9.17, 15) is 4.79 Å². The standard InChI is InChI=1S/C10H12O3.C2H6/c1-12-7-8-4-3-5-9(6-8)10(11)13-2;1-2/h3-6H,7H2,1-2H3;1-2H3. The van der Waals surface area contributed by atoms with E-state index in [4.69, 9.17) is 4.74 Å². The van der Waals surface area contributed by atoms with E-state index >= 15 is 0 Å². The monoisotopic (exact) mass is 210 g/mol. The minimum Gasteiger partial charge on any atom is -0.465 e. The zero-order valence-corrected chi connectivity index (χ0v) is 9.74. The molecule has 0 unspecified atom stereocenters. The van der Waals surface area contributed by atoms with Crippen molar-refractivity contribution in [2.45, 2.75) is 20.5 Å². The fourth-order valence-electron chi connectivity index (χ4n) is 1.07. The molecule has 0 fully saturated rings. The van der Waals surface area contributed by atoms with Crippen LogP contribution in [0.1, 0.15) is 29.8 Å². The van der Waals surface area contributed by atoms with E-state index in [1.165, 1.54) is 7.11 Å². The number of carbonyl (C=O) groups excluding carboxylic acids is 1. The number of methoxy groups -OCH3 is 2. The third-order valence-corrected chi connectivity index (χ3v) is 1.66. The summed E-state index contributed by atoms with van der Waals surface area (Å²) in [5, 5.41) is 0. The van der Waals surface area contributed by atoms with Gasteiger partial charge in [-0.3, -0.25) is 0 Å². The first-order chi connectivity index (χ1) is 7.27. The van der Waals surface area contributed by atoms with Crippen molar-refractivity contribution >= 4 is 5.97 Å². The van der Waals surface area contributed by atoms with Gasteiger partial charge < -0.3 is 9.47 Å². The predicted molar refractivity (Wildman–Crippen MR) is 59.8 cm³/mol. The highest BCUT2D eigenvalue weighted by Crippen LogP contribution is 2.07. The Labute approximate surface area is 91.0 Å². The molecule has 0 aromatic heterocycles. The summed E-state index contributed by atoms with van der Waals surface area (Å²) in [6.07, 6.45) is 0. The van der Waals surface area contributed by atoms with Gasteiger partial charge in [0.25, 0.3) is 0 Å². The summed E-state index contributed by atoms with van der Waals surface area (Å²) in [4.78, 5) is 11.1. The number of ether oxygens (including phenoxy) is 2. The van der Waals surface area contributed by atoms with E-state index in [1.807, 2.05) is 19.9 Å². The molecule has 0 radical (unpaired) electrons. The molecular weight excluding hydrogens is 192 g/mol. The van der Waals surface area contributed by atoms with Crippen molar-refractivity contribution in [3.8, 4) is 0 Å². The van der Waals surface area contributed by atoms with Gasteiger partial charge in [0.05, 0.1) is 19.3 Å². The van der Waals surface area contributed by atoms with Crippen LogP contribution >= 0.6 is 0 Å². The molecule has 0 amide bonds. The number of carbonyl (C=O) groups is 1. The Bertz CT molecular complexity index is 295. The molecule has 1 aromatic rings. The largest absolute Gasteiger partial charge is 0.465 e. The van der Waals surface area contributed by atoms with Crippen molar-refractivity contribution in [3.63, 3.8) is 0 Å². The highest BCUT2D eigenvalue weighted by atomic mass is 16.5. The van der Waals surface area contributed by atoms with Crippen LogP contribution in [0.25, 0.3) is 0 Å². The third kappa shape index (κ3) is 4.61. The van der Waals surface area contributed by atoms with Gasteiger partial charge in [0.1, 0.15) is 0 Å². The Morgan fingerprint density at radius 1 is 1.27 bits per heavy atom. The van der Waals surface area contributed by atoms with Gasteiger partial charge in [0.2, 0.25) is 0 Å². The molecule has 0 heterocycles. The molecule has 1 rings (SSSR count). The number of hydrogen-bond acceptors (Lipinski definition) is 3. The van der Waals surface area contributed by atoms with E-state index in [-0.39, 0.29) is 5.97 Å². The van der Waals surface area contributed by atoms with Gasteiger partial charge >= 0.3 is 5.97 Å². The minimum atomic E-state index is -0.321. The number of rotatable bonds is 3. The second-order valence-electron chi connectivity index (χ2n) is 2.62. The fraction of sp³-hybridized carbons (Fsp3) is 0.417. The van der Waals surface area contributed by atoms with E-state index < -0.39 is 0 Å². The molecule has 0 atom stereocenters. The van der Waals surface area contributed by atoms with Crippen LogP contribution in [0.15, 0.2) is 24.3 Å². The van der Waals surface area contributed by atoms with Gasteiger partial charge in [0.15, 0.2) is 0 Å². The van der Waals surface area contributed by atoms with Crippen molar-refractivity contribution in [2.24, 2.45) is 0 Å². The van der Waals surface area contributed by atoms with E-state index in [0.29, 0.717) is 12.2 Å². The lowest BCUT2D eigenvalue weighted by Gasteiger charge is -2.02. The molecule has 84 valence electrons. The molecule has 3 nitrogen and oxygen atoms in total. The molecule has 1 aromatic carbocycles. The predicted octanol–water partition coefficient (Wildman–Crippen LogP) is 2.65. The van der Waals surface area contributed by atoms with Gasteiger partial charge in [-0.2, -0.15) is 0 Å². The van der Waals surface area contributed by atoms with Crippen LogP contribution in [0, 0.1) is 0 Å². The van der Waals surface area contributed by atoms with Crippen molar-refractivity contribution in [3.05, 3.63) is 35.4 Å². The molecule has 0 saturated carbocycles. The Hall–Kier alpha value is -1.35. The molecule has 0 aliphatic carbocycles.